The standard InChI is InChI=1S/C7H9N2/c1-3-7-4-8-5-9-6(7)2/h4H,3H2,1-2H3. The third kappa shape index (κ3) is 1.25. The first-order chi connectivity index (χ1) is 4.34. The lowest BCUT2D eigenvalue weighted by Gasteiger charge is -1.95. The minimum absolute atomic E-state index is 1.00. The van der Waals surface area contributed by atoms with Crippen LogP contribution in [-0.2, 0) is 6.42 Å². The average Bonchev–Trinajstić information content (AvgIpc) is 1.89. The molecule has 0 aliphatic heterocycles. The predicted octanol–water partition coefficient (Wildman–Crippen LogP) is 1.15. The lowest BCUT2D eigenvalue weighted by molar-refractivity contribution is 0.987. The van der Waals surface area contributed by atoms with Crippen molar-refractivity contribution in [2.24, 2.45) is 0 Å². The number of hydrogen-bond donors (Lipinski definition) is 0. The third-order valence-corrected chi connectivity index (χ3v) is 1.34. The molecule has 1 aromatic rings. The molecule has 0 bridgehead atoms. The van der Waals surface area contributed by atoms with Crippen LogP contribution in [0.25, 0.3) is 0 Å². The third-order valence-electron chi connectivity index (χ3n) is 1.34. The quantitative estimate of drug-likeness (QED) is 0.557. The van der Waals surface area contributed by atoms with Gasteiger partial charge in [0.25, 0.3) is 0 Å². The van der Waals surface area contributed by atoms with Crippen LogP contribution in [0.2, 0.25) is 0 Å². The molecular weight excluding hydrogens is 112 g/mol. The summed E-state index contributed by atoms with van der Waals surface area (Å²) in [5, 5.41) is 0. The molecule has 0 saturated carbocycles. The highest BCUT2D eigenvalue weighted by Crippen LogP contribution is 2.00. The van der Waals surface area contributed by atoms with Gasteiger partial charge in [-0.15, -0.1) is 0 Å². The van der Waals surface area contributed by atoms with E-state index in [0.29, 0.717) is 0 Å². The summed E-state index contributed by atoms with van der Waals surface area (Å²) >= 11 is 0. The molecule has 47 valence electrons. The molecule has 2 heteroatoms. The van der Waals surface area contributed by atoms with Gasteiger partial charge in [-0.25, -0.2) is 9.97 Å². The second kappa shape index (κ2) is 2.58. The van der Waals surface area contributed by atoms with Crippen molar-refractivity contribution in [1.82, 2.24) is 9.97 Å². The highest BCUT2D eigenvalue weighted by Gasteiger charge is 1.92. The van der Waals surface area contributed by atoms with Crippen molar-refractivity contribution in [3.05, 3.63) is 23.8 Å². The molecule has 0 fully saturated rings. The van der Waals surface area contributed by atoms with Gasteiger partial charge in [0.2, 0.25) is 0 Å². The van der Waals surface area contributed by atoms with Crippen molar-refractivity contribution in [2.75, 3.05) is 0 Å². The first kappa shape index (κ1) is 6.20. The first-order valence-corrected chi connectivity index (χ1v) is 3.03. The van der Waals surface area contributed by atoms with E-state index in [0.717, 1.165) is 12.1 Å². The summed E-state index contributed by atoms with van der Waals surface area (Å²) in [5.41, 5.74) is 2.24. The molecule has 1 rings (SSSR count). The Balaban J connectivity index is 3.01. The van der Waals surface area contributed by atoms with E-state index in [4.69, 9.17) is 0 Å². The molecule has 0 spiro atoms. The number of aryl methyl sites for hydroxylation is 2. The molecular formula is C7H9N2. The fraction of sp³-hybridized carbons (Fsp3) is 0.429. The summed E-state index contributed by atoms with van der Waals surface area (Å²) in [5.74, 6) is 0. The molecule has 9 heavy (non-hydrogen) atoms. The Hall–Kier alpha value is -0.920. The van der Waals surface area contributed by atoms with Gasteiger partial charge in [0.05, 0.1) is 0 Å². The highest BCUT2D eigenvalue weighted by atomic mass is 14.8. The smallest absolute Gasteiger partial charge is 0.197 e. The normalized spacial score (nSPS) is 9.56. The second-order valence-corrected chi connectivity index (χ2v) is 1.93. The number of nitrogens with zero attached hydrogens (tertiary/aromatic N) is 2. The summed E-state index contributed by atoms with van der Waals surface area (Å²) in [6.07, 6.45) is 5.34. The zero-order valence-corrected chi connectivity index (χ0v) is 5.68. The van der Waals surface area contributed by atoms with Gasteiger partial charge < -0.3 is 0 Å². The topological polar surface area (TPSA) is 25.8 Å². The molecule has 1 heterocycles. The van der Waals surface area contributed by atoms with E-state index in [1.165, 1.54) is 5.56 Å². The summed E-state index contributed by atoms with van der Waals surface area (Å²) in [6, 6.07) is 0. The molecule has 0 unspecified atom stereocenters. The maximum atomic E-state index is 3.91. The number of hydrogen-bond acceptors (Lipinski definition) is 2. The van der Waals surface area contributed by atoms with Gasteiger partial charge in [0.1, 0.15) is 0 Å². The van der Waals surface area contributed by atoms with Crippen LogP contribution in [0.4, 0.5) is 0 Å². The van der Waals surface area contributed by atoms with E-state index >= 15 is 0 Å². The van der Waals surface area contributed by atoms with Gasteiger partial charge in [0, 0.05) is 11.9 Å². The summed E-state index contributed by atoms with van der Waals surface area (Å²) < 4.78 is 0. The molecule has 2 nitrogen and oxygen atoms in total. The van der Waals surface area contributed by atoms with Crippen LogP contribution >= 0.6 is 0 Å². The maximum absolute atomic E-state index is 3.91. The van der Waals surface area contributed by atoms with Crippen LogP contribution in [0.1, 0.15) is 18.2 Å². The van der Waals surface area contributed by atoms with Gasteiger partial charge >= 0.3 is 0 Å². The van der Waals surface area contributed by atoms with Crippen LogP contribution in [-0.4, -0.2) is 9.97 Å². The van der Waals surface area contributed by atoms with E-state index in [1.807, 2.05) is 13.1 Å². The van der Waals surface area contributed by atoms with Crippen LogP contribution in [0, 0.1) is 13.3 Å². The Morgan fingerprint density at radius 3 is 2.89 bits per heavy atom. The van der Waals surface area contributed by atoms with Crippen LogP contribution in [0.15, 0.2) is 6.20 Å². The molecule has 0 aromatic carbocycles. The van der Waals surface area contributed by atoms with Gasteiger partial charge in [-0.1, -0.05) is 6.92 Å². The van der Waals surface area contributed by atoms with Crippen molar-refractivity contribution >= 4 is 0 Å². The lowest BCUT2D eigenvalue weighted by atomic mass is 10.2. The Labute approximate surface area is 55.0 Å². The minimum Gasteiger partial charge on any atom is -0.233 e. The van der Waals surface area contributed by atoms with Gasteiger partial charge in [-0.05, 0) is 18.9 Å². The van der Waals surface area contributed by atoms with E-state index < -0.39 is 0 Å². The second-order valence-electron chi connectivity index (χ2n) is 1.93. The first-order valence-electron chi connectivity index (χ1n) is 3.03. The fourth-order valence-electron chi connectivity index (χ4n) is 0.723. The van der Waals surface area contributed by atoms with E-state index in [2.05, 4.69) is 23.2 Å². The Morgan fingerprint density at radius 1 is 1.67 bits per heavy atom. The van der Waals surface area contributed by atoms with Gasteiger partial charge in [-0.3, -0.25) is 0 Å². The Morgan fingerprint density at radius 2 is 2.44 bits per heavy atom. The van der Waals surface area contributed by atoms with Crippen molar-refractivity contribution < 1.29 is 0 Å². The van der Waals surface area contributed by atoms with Gasteiger partial charge in [-0.2, -0.15) is 0 Å². The zero-order valence-electron chi connectivity index (χ0n) is 5.68. The summed E-state index contributed by atoms with van der Waals surface area (Å²) in [4.78, 5) is 7.69. The molecule has 0 aliphatic carbocycles. The van der Waals surface area contributed by atoms with Crippen molar-refractivity contribution in [1.29, 1.82) is 0 Å². The van der Waals surface area contributed by atoms with Crippen molar-refractivity contribution in [3.63, 3.8) is 0 Å². The Bertz CT molecular complexity index is 196. The number of rotatable bonds is 1. The van der Waals surface area contributed by atoms with Crippen molar-refractivity contribution in [3.8, 4) is 0 Å². The van der Waals surface area contributed by atoms with E-state index in [1.54, 1.807) is 0 Å². The average molecular weight is 121 g/mol. The monoisotopic (exact) mass is 121 g/mol. The molecule has 0 aliphatic rings. The van der Waals surface area contributed by atoms with Crippen molar-refractivity contribution in [2.45, 2.75) is 20.3 Å². The SMILES string of the molecule is CCc1cn[c]nc1C. The summed E-state index contributed by atoms with van der Waals surface area (Å²) in [6.45, 7) is 4.06. The predicted molar refractivity (Wildman–Crippen MR) is 35.0 cm³/mol. The molecule has 1 radical (unpaired) electrons. The lowest BCUT2D eigenvalue weighted by Crippen LogP contribution is -1.90. The van der Waals surface area contributed by atoms with Gasteiger partial charge in [0.15, 0.2) is 6.33 Å². The van der Waals surface area contributed by atoms with E-state index in [9.17, 15) is 0 Å². The molecule has 0 atom stereocenters. The number of aromatic nitrogens is 2. The van der Waals surface area contributed by atoms with Crippen LogP contribution in [0.5, 0.6) is 0 Å². The summed E-state index contributed by atoms with van der Waals surface area (Å²) in [7, 11) is 0. The highest BCUT2D eigenvalue weighted by molar-refractivity contribution is 5.12. The molecule has 0 amide bonds. The van der Waals surface area contributed by atoms with E-state index in [-0.39, 0.29) is 0 Å². The molecule has 0 N–H and O–H groups in total. The molecule has 1 aromatic heterocycles. The minimum atomic E-state index is 1.00. The van der Waals surface area contributed by atoms with Crippen LogP contribution in [0.3, 0.4) is 0 Å². The van der Waals surface area contributed by atoms with Crippen LogP contribution < -0.4 is 0 Å². The largest absolute Gasteiger partial charge is 0.233 e. The maximum Gasteiger partial charge on any atom is 0.197 e. The fourth-order valence-corrected chi connectivity index (χ4v) is 0.723. The zero-order chi connectivity index (χ0) is 6.69. The molecule has 0 saturated heterocycles. The Kier molecular flexibility index (Phi) is 1.78.